The van der Waals surface area contributed by atoms with Crippen LogP contribution in [-0.4, -0.2) is 10.8 Å². The standard InChI is InChI=1S/C16H15NO/c1-11-7-8-13-10-15(17-14(13)9-11)16(18)12-5-3-2-4-6-12/h2-9,16,18H,10H2,1H3. The van der Waals surface area contributed by atoms with Gasteiger partial charge in [-0.1, -0.05) is 42.5 Å². The molecule has 1 aliphatic rings. The maximum Gasteiger partial charge on any atom is 0.117 e. The largest absolute Gasteiger partial charge is 0.382 e. The lowest BCUT2D eigenvalue weighted by molar-refractivity contribution is 0.246. The van der Waals surface area contributed by atoms with E-state index in [1.807, 2.05) is 30.3 Å². The van der Waals surface area contributed by atoms with Gasteiger partial charge < -0.3 is 5.11 Å². The molecule has 18 heavy (non-hydrogen) atoms. The average Bonchev–Trinajstić information content (AvgIpc) is 2.81. The van der Waals surface area contributed by atoms with Crippen molar-refractivity contribution in [2.45, 2.75) is 19.4 Å². The minimum Gasteiger partial charge on any atom is -0.382 e. The fourth-order valence-corrected chi connectivity index (χ4v) is 2.30. The van der Waals surface area contributed by atoms with E-state index in [1.165, 1.54) is 11.1 Å². The van der Waals surface area contributed by atoms with Crippen LogP contribution in [0.25, 0.3) is 0 Å². The van der Waals surface area contributed by atoms with Gasteiger partial charge >= 0.3 is 0 Å². The molecule has 0 aliphatic carbocycles. The van der Waals surface area contributed by atoms with Crippen molar-refractivity contribution in [1.82, 2.24) is 0 Å². The van der Waals surface area contributed by atoms with Crippen molar-refractivity contribution < 1.29 is 5.11 Å². The van der Waals surface area contributed by atoms with Crippen LogP contribution in [-0.2, 0) is 6.42 Å². The van der Waals surface area contributed by atoms with Gasteiger partial charge in [-0.3, -0.25) is 4.99 Å². The lowest BCUT2D eigenvalue weighted by Crippen LogP contribution is -2.11. The van der Waals surface area contributed by atoms with Crippen LogP contribution in [0.15, 0.2) is 53.5 Å². The van der Waals surface area contributed by atoms with Crippen LogP contribution in [0.3, 0.4) is 0 Å². The van der Waals surface area contributed by atoms with Crippen molar-refractivity contribution >= 4 is 11.4 Å². The van der Waals surface area contributed by atoms with Crippen LogP contribution < -0.4 is 0 Å². The Balaban J connectivity index is 1.91. The second-order valence-corrected chi connectivity index (χ2v) is 4.73. The summed E-state index contributed by atoms with van der Waals surface area (Å²) in [4.78, 5) is 4.56. The molecular weight excluding hydrogens is 222 g/mol. The molecule has 1 unspecified atom stereocenters. The second-order valence-electron chi connectivity index (χ2n) is 4.73. The molecular formula is C16H15NO. The first-order valence-electron chi connectivity index (χ1n) is 6.14. The summed E-state index contributed by atoms with van der Waals surface area (Å²) in [6.07, 6.45) is 0.144. The highest BCUT2D eigenvalue weighted by Crippen LogP contribution is 2.31. The maximum absolute atomic E-state index is 10.3. The van der Waals surface area contributed by atoms with E-state index in [4.69, 9.17) is 0 Å². The molecule has 90 valence electrons. The summed E-state index contributed by atoms with van der Waals surface area (Å²) in [5.74, 6) is 0. The molecule has 2 aromatic carbocycles. The van der Waals surface area contributed by atoms with E-state index in [2.05, 4.69) is 30.1 Å². The third-order valence-corrected chi connectivity index (χ3v) is 3.31. The van der Waals surface area contributed by atoms with Crippen molar-refractivity contribution in [3.05, 3.63) is 65.2 Å². The summed E-state index contributed by atoms with van der Waals surface area (Å²) in [6.45, 7) is 2.06. The van der Waals surface area contributed by atoms with E-state index >= 15 is 0 Å². The zero-order valence-corrected chi connectivity index (χ0v) is 10.3. The van der Waals surface area contributed by atoms with E-state index in [1.54, 1.807) is 0 Å². The third kappa shape index (κ3) is 1.95. The second kappa shape index (κ2) is 4.39. The molecule has 0 saturated heterocycles. The SMILES string of the molecule is Cc1ccc2c(c1)N=C(C(O)c1ccccc1)C2. The Morgan fingerprint density at radius 2 is 1.89 bits per heavy atom. The average molecular weight is 237 g/mol. The van der Waals surface area contributed by atoms with Crippen molar-refractivity contribution in [2.24, 2.45) is 4.99 Å². The zero-order valence-electron chi connectivity index (χ0n) is 10.3. The van der Waals surface area contributed by atoms with Gasteiger partial charge in [-0.25, -0.2) is 0 Å². The fraction of sp³-hybridized carbons (Fsp3) is 0.188. The highest BCUT2D eigenvalue weighted by molar-refractivity contribution is 5.97. The van der Waals surface area contributed by atoms with Crippen LogP contribution in [0.2, 0.25) is 0 Å². The maximum atomic E-state index is 10.3. The highest BCUT2D eigenvalue weighted by atomic mass is 16.3. The number of rotatable bonds is 2. The van der Waals surface area contributed by atoms with E-state index in [0.29, 0.717) is 0 Å². The molecule has 0 amide bonds. The lowest BCUT2D eigenvalue weighted by Gasteiger charge is -2.10. The number of aryl methyl sites for hydroxylation is 1. The van der Waals surface area contributed by atoms with E-state index in [-0.39, 0.29) is 0 Å². The molecule has 1 heterocycles. The molecule has 1 atom stereocenters. The summed E-state index contributed by atoms with van der Waals surface area (Å²) in [5.41, 5.74) is 5.14. The molecule has 2 aromatic rings. The Hall–Kier alpha value is -1.93. The van der Waals surface area contributed by atoms with Crippen LogP contribution in [0.5, 0.6) is 0 Å². The number of hydrogen-bond donors (Lipinski definition) is 1. The molecule has 1 aliphatic heterocycles. The Bertz CT molecular complexity index is 602. The first kappa shape index (κ1) is 11.2. The van der Waals surface area contributed by atoms with Crippen molar-refractivity contribution in [3.8, 4) is 0 Å². The topological polar surface area (TPSA) is 32.6 Å². The number of aliphatic hydroxyl groups excluding tert-OH is 1. The Morgan fingerprint density at radius 3 is 2.67 bits per heavy atom. The third-order valence-electron chi connectivity index (χ3n) is 3.31. The fourth-order valence-electron chi connectivity index (χ4n) is 2.30. The summed E-state index contributed by atoms with van der Waals surface area (Å²) >= 11 is 0. The van der Waals surface area contributed by atoms with Crippen LogP contribution in [0, 0.1) is 6.92 Å². The quantitative estimate of drug-likeness (QED) is 0.853. The van der Waals surface area contributed by atoms with Crippen LogP contribution in [0.4, 0.5) is 5.69 Å². The Morgan fingerprint density at radius 1 is 1.11 bits per heavy atom. The molecule has 3 rings (SSSR count). The molecule has 0 fully saturated rings. The molecule has 0 bridgehead atoms. The van der Waals surface area contributed by atoms with Gasteiger partial charge in [0.25, 0.3) is 0 Å². The first-order valence-corrected chi connectivity index (χ1v) is 6.14. The van der Waals surface area contributed by atoms with Gasteiger partial charge in [0.15, 0.2) is 0 Å². The summed E-state index contributed by atoms with van der Waals surface area (Å²) in [5, 5.41) is 10.3. The number of benzene rings is 2. The van der Waals surface area contributed by atoms with E-state index in [0.717, 1.165) is 23.4 Å². The van der Waals surface area contributed by atoms with Crippen molar-refractivity contribution in [3.63, 3.8) is 0 Å². The van der Waals surface area contributed by atoms with Gasteiger partial charge in [0.05, 0.1) is 11.4 Å². The van der Waals surface area contributed by atoms with E-state index in [9.17, 15) is 5.11 Å². The van der Waals surface area contributed by atoms with Gasteiger partial charge in [-0.05, 0) is 29.7 Å². The summed E-state index contributed by atoms with van der Waals surface area (Å²) in [7, 11) is 0. The molecule has 0 radical (unpaired) electrons. The van der Waals surface area contributed by atoms with Crippen LogP contribution >= 0.6 is 0 Å². The molecule has 0 aromatic heterocycles. The summed E-state index contributed by atoms with van der Waals surface area (Å²) in [6, 6.07) is 15.9. The Labute approximate surface area is 107 Å². The number of hydrogen-bond acceptors (Lipinski definition) is 2. The van der Waals surface area contributed by atoms with Crippen LogP contribution in [0.1, 0.15) is 22.8 Å². The van der Waals surface area contributed by atoms with Crippen molar-refractivity contribution in [1.29, 1.82) is 0 Å². The molecule has 0 spiro atoms. The number of nitrogens with zero attached hydrogens (tertiary/aromatic N) is 1. The minimum absolute atomic E-state index is 0.598. The number of fused-ring (bicyclic) bond motifs is 1. The van der Waals surface area contributed by atoms with Gasteiger partial charge in [-0.15, -0.1) is 0 Å². The van der Waals surface area contributed by atoms with E-state index < -0.39 is 6.10 Å². The smallest absolute Gasteiger partial charge is 0.117 e. The normalized spacial score (nSPS) is 15.1. The predicted molar refractivity (Wildman–Crippen MR) is 73.4 cm³/mol. The molecule has 2 heteroatoms. The van der Waals surface area contributed by atoms with Crippen molar-refractivity contribution in [2.75, 3.05) is 0 Å². The molecule has 0 saturated carbocycles. The number of aliphatic imine (C=N–C) groups is 1. The lowest BCUT2D eigenvalue weighted by atomic mass is 10.0. The molecule has 1 N–H and O–H groups in total. The monoisotopic (exact) mass is 237 g/mol. The minimum atomic E-state index is -0.598. The van der Waals surface area contributed by atoms with Gasteiger partial charge in [-0.2, -0.15) is 0 Å². The van der Waals surface area contributed by atoms with Gasteiger partial charge in [0, 0.05) is 6.42 Å². The highest BCUT2D eigenvalue weighted by Gasteiger charge is 2.21. The predicted octanol–water partition coefficient (Wildman–Crippen LogP) is 3.36. The zero-order chi connectivity index (χ0) is 12.5. The summed E-state index contributed by atoms with van der Waals surface area (Å²) < 4.78 is 0. The Kier molecular flexibility index (Phi) is 2.73. The number of aliphatic hydroxyl groups is 1. The first-order chi connectivity index (χ1) is 8.74. The molecule has 2 nitrogen and oxygen atoms in total. The van der Waals surface area contributed by atoms with Gasteiger partial charge in [0.1, 0.15) is 6.10 Å². The van der Waals surface area contributed by atoms with Gasteiger partial charge in [0.2, 0.25) is 0 Å².